The Hall–Kier alpha value is -4.31. The number of carbonyl (C=O) groups excluding carboxylic acids is 2. The molecule has 10 nitrogen and oxygen atoms in total. The molecule has 0 spiro atoms. The van der Waals surface area contributed by atoms with E-state index in [1.807, 2.05) is 24.3 Å². The minimum Gasteiger partial charge on any atom is -0.480 e. The predicted octanol–water partition coefficient (Wildman–Crippen LogP) is 2.35. The molecule has 0 aliphatic heterocycles. The van der Waals surface area contributed by atoms with E-state index in [9.17, 15) is 14.4 Å². The minimum absolute atomic E-state index is 0.0308. The Labute approximate surface area is 201 Å². The summed E-state index contributed by atoms with van der Waals surface area (Å²) in [7, 11) is 0. The number of carboxylic acid groups (broad SMARTS) is 1. The first kappa shape index (κ1) is 23.8. The van der Waals surface area contributed by atoms with Crippen molar-refractivity contribution in [2.45, 2.75) is 12.5 Å². The Morgan fingerprint density at radius 1 is 0.914 bits per heavy atom. The molecule has 1 aliphatic carbocycles. The number of carbonyl (C=O) groups is 3. The van der Waals surface area contributed by atoms with Gasteiger partial charge in [0.2, 0.25) is 0 Å². The first-order chi connectivity index (χ1) is 17.0. The molecule has 4 rings (SSSR count). The second-order valence-electron chi connectivity index (χ2n) is 7.77. The molecule has 0 saturated carbocycles. The lowest BCUT2D eigenvalue weighted by Gasteiger charge is -2.14. The molecule has 1 aliphatic rings. The zero-order valence-electron chi connectivity index (χ0n) is 18.8. The average Bonchev–Trinajstić information content (AvgIpc) is 3.19. The number of hydrogen-bond acceptors (Lipinski definition) is 7. The van der Waals surface area contributed by atoms with Gasteiger partial charge in [0.1, 0.15) is 19.0 Å². The third kappa shape index (κ3) is 5.98. The highest BCUT2D eigenvalue weighted by Crippen LogP contribution is 2.44. The van der Waals surface area contributed by atoms with E-state index in [4.69, 9.17) is 14.6 Å². The summed E-state index contributed by atoms with van der Waals surface area (Å²) in [5, 5.41) is 13.7. The number of alkyl carbamates (subject to hydrolysis) is 1. The minimum atomic E-state index is -1.08. The molecule has 180 valence electrons. The third-order valence-corrected chi connectivity index (χ3v) is 5.46. The number of benzene rings is 2. The lowest BCUT2D eigenvalue weighted by Crippen LogP contribution is -2.29. The van der Waals surface area contributed by atoms with E-state index in [0.29, 0.717) is 5.82 Å². The summed E-state index contributed by atoms with van der Waals surface area (Å²) in [6.45, 7) is 0.0419. The molecule has 0 saturated heterocycles. The largest absolute Gasteiger partial charge is 0.480 e. The number of aromatic nitrogens is 2. The maximum atomic E-state index is 12.3. The number of ether oxygens (including phenoxy) is 2. The molecule has 0 unspecified atom stereocenters. The summed E-state index contributed by atoms with van der Waals surface area (Å²) in [5.74, 6) is -1.21. The Kier molecular flexibility index (Phi) is 7.63. The van der Waals surface area contributed by atoms with E-state index in [-0.39, 0.29) is 37.8 Å². The number of fused-ring (bicyclic) bond motifs is 3. The summed E-state index contributed by atoms with van der Waals surface area (Å²) in [6.07, 6.45) is 2.10. The van der Waals surface area contributed by atoms with Gasteiger partial charge in [-0.15, -0.1) is 0 Å². The van der Waals surface area contributed by atoms with Gasteiger partial charge in [-0.25, -0.2) is 19.6 Å². The number of hydrogen-bond donors (Lipinski definition) is 3. The fourth-order valence-corrected chi connectivity index (χ4v) is 3.86. The molecule has 3 N–H and O–H groups in total. The number of nitrogens with zero attached hydrogens (tertiary/aromatic N) is 2. The second-order valence-corrected chi connectivity index (χ2v) is 7.77. The van der Waals surface area contributed by atoms with Crippen molar-refractivity contribution in [3.05, 3.63) is 83.4 Å². The van der Waals surface area contributed by atoms with Crippen molar-refractivity contribution in [2.24, 2.45) is 0 Å². The first-order valence-electron chi connectivity index (χ1n) is 11.0. The summed E-state index contributed by atoms with van der Waals surface area (Å²) in [6, 6.07) is 16.2. The van der Waals surface area contributed by atoms with Crippen LogP contribution in [-0.4, -0.2) is 59.4 Å². The maximum Gasteiger partial charge on any atom is 0.407 e. The number of rotatable bonds is 10. The van der Waals surface area contributed by atoms with Gasteiger partial charge in [0.25, 0.3) is 5.91 Å². The Bertz CT molecular complexity index is 1170. The molecule has 10 heteroatoms. The van der Waals surface area contributed by atoms with Gasteiger partial charge in [0.15, 0.2) is 0 Å². The number of amides is 2. The monoisotopic (exact) mass is 476 g/mol. The summed E-state index contributed by atoms with van der Waals surface area (Å²) in [4.78, 5) is 42.9. The highest BCUT2D eigenvalue weighted by molar-refractivity contribution is 5.93. The molecule has 1 aromatic heterocycles. The van der Waals surface area contributed by atoms with Crippen molar-refractivity contribution in [1.82, 2.24) is 20.6 Å². The van der Waals surface area contributed by atoms with Crippen LogP contribution < -0.4 is 10.6 Å². The van der Waals surface area contributed by atoms with Crippen molar-refractivity contribution in [3.8, 4) is 11.1 Å². The first-order valence-corrected chi connectivity index (χ1v) is 11.0. The molecule has 0 fully saturated rings. The van der Waals surface area contributed by atoms with Gasteiger partial charge in [0, 0.05) is 24.9 Å². The summed E-state index contributed by atoms with van der Waals surface area (Å²) >= 11 is 0. The van der Waals surface area contributed by atoms with Crippen LogP contribution in [0.1, 0.15) is 33.2 Å². The van der Waals surface area contributed by atoms with Gasteiger partial charge in [-0.1, -0.05) is 48.5 Å². The smallest absolute Gasteiger partial charge is 0.407 e. The van der Waals surface area contributed by atoms with Crippen LogP contribution in [-0.2, 0) is 20.8 Å². The maximum absolute atomic E-state index is 12.3. The molecule has 0 radical (unpaired) electrons. The SMILES string of the molecule is O=C(O)COCCNC(=O)c1cnc(CNC(=O)OCC2c3ccccc3-c3ccccc32)nc1. The normalized spacial score (nSPS) is 11.9. The second kappa shape index (κ2) is 11.2. The molecular weight excluding hydrogens is 452 g/mol. The summed E-state index contributed by atoms with van der Waals surface area (Å²) < 4.78 is 10.3. The van der Waals surface area contributed by atoms with Crippen molar-refractivity contribution in [3.63, 3.8) is 0 Å². The number of nitrogens with one attached hydrogen (secondary N) is 2. The lowest BCUT2D eigenvalue weighted by molar-refractivity contribution is -0.142. The van der Waals surface area contributed by atoms with Crippen molar-refractivity contribution < 1.29 is 29.0 Å². The van der Waals surface area contributed by atoms with Crippen molar-refractivity contribution >= 4 is 18.0 Å². The fourth-order valence-electron chi connectivity index (χ4n) is 3.86. The van der Waals surface area contributed by atoms with E-state index in [1.54, 1.807) is 0 Å². The van der Waals surface area contributed by atoms with Crippen LogP contribution in [0.4, 0.5) is 4.79 Å². The topological polar surface area (TPSA) is 140 Å². The van der Waals surface area contributed by atoms with E-state index in [2.05, 4.69) is 44.9 Å². The summed E-state index contributed by atoms with van der Waals surface area (Å²) in [5.41, 5.74) is 4.80. The third-order valence-electron chi connectivity index (χ3n) is 5.46. The molecule has 2 amide bonds. The van der Waals surface area contributed by atoms with Crippen LogP contribution in [0.25, 0.3) is 11.1 Å². The Balaban J connectivity index is 1.23. The van der Waals surface area contributed by atoms with Crippen LogP contribution in [0.2, 0.25) is 0 Å². The highest BCUT2D eigenvalue weighted by Gasteiger charge is 2.28. The van der Waals surface area contributed by atoms with Crippen LogP contribution >= 0.6 is 0 Å². The van der Waals surface area contributed by atoms with E-state index in [0.717, 1.165) is 22.3 Å². The van der Waals surface area contributed by atoms with Crippen LogP contribution in [0.5, 0.6) is 0 Å². The molecule has 35 heavy (non-hydrogen) atoms. The van der Waals surface area contributed by atoms with Gasteiger partial charge in [-0.05, 0) is 22.3 Å². The predicted molar refractivity (Wildman–Crippen MR) is 125 cm³/mol. The van der Waals surface area contributed by atoms with Gasteiger partial charge in [-0.3, -0.25) is 4.79 Å². The van der Waals surface area contributed by atoms with Gasteiger partial charge in [-0.2, -0.15) is 0 Å². The molecule has 0 atom stereocenters. The average molecular weight is 476 g/mol. The van der Waals surface area contributed by atoms with Crippen molar-refractivity contribution in [1.29, 1.82) is 0 Å². The van der Waals surface area contributed by atoms with Gasteiger partial charge in [0.05, 0.1) is 18.7 Å². The highest BCUT2D eigenvalue weighted by atomic mass is 16.5. The van der Waals surface area contributed by atoms with Crippen LogP contribution in [0.15, 0.2) is 60.9 Å². The molecule has 2 aromatic carbocycles. The molecular formula is C25H24N4O6. The molecule has 3 aromatic rings. The van der Waals surface area contributed by atoms with Gasteiger partial charge < -0.3 is 25.2 Å². The molecule has 0 bridgehead atoms. The van der Waals surface area contributed by atoms with Crippen LogP contribution in [0, 0.1) is 0 Å². The van der Waals surface area contributed by atoms with Crippen LogP contribution in [0.3, 0.4) is 0 Å². The zero-order chi connectivity index (χ0) is 24.6. The standard InChI is InChI=1S/C25H24N4O6/c30-23(31)15-34-10-9-26-24(32)16-11-27-22(28-12-16)13-29-25(33)35-14-21-19-7-3-1-5-17(19)18-6-2-4-8-20(18)21/h1-8,11-12,21H,9-10,13-15H2,(H,26,32)(H,29,33)(H,30,31). The fraction of sp³-hybridized carbons (Fsp3) is 0.240. The van der Waals surface area contributed by atoms with E-state index >= 15 is 0 Å². The number of aliphatic carboxylic acids is 1. The van der Waals surface area contributed by atoms with E-state index < -0.39 is 24.6 Å². The quantitative estimate of drug-likeness (QED) is 0.379. The van der Waals surface area contributed by atoms with Gasteiger partial charge >= 0.3 is 12.1 Å². The molecule has 1 heterocycles. The van der Waals surface area contributed by atoms with E-state index in [1.165, 1.54) is 12.4 Å². The Morgan fingerprint density at radius 2 is 1.54 bits per heavy atom. The number of carboxylic acids is 1. The lowest BCUT2D eigenvalue weighted by atomic mass is 9.98. The Morgan fingerprint density at radius 3 is 2.17 bits per heavy atom. The zero-order valence-corrected chi connectivity index (χ0v) is 18.8. The van der Waals surface area contributed by atoms with Crippen molar-refractivity contribution in [2.75, 3.05) is 26.4 Å².